The van der Waals surface area contributed by atoms with Crippen molar-refractivity contribution in [2.45, 2.75) is 186 Å². The molecule has 0 unspecified atom stereocenters. The fourth-order valence-corrected chi connectivity index (χ4v) is 10.3. The minimum atomic E-state index is -2.37. The van der Waals surface area contributed by atoms with Crippen LogP contribution in [-0.4, -0.2) is 126 Å². The molecular weight excluding hydrogens is 817 g/mol. The Kier molecular flexibility index (Phi) is 21.1. The van der Waals surface area contributed by atoms with E-state index in [0.29, 0.717) is 81.9 Å². The molecule has 1 saturated carbocycles. The van der Waals surface area contributed by atoms with Crippen molar-refractivity contribution in [2.75, 3.05) is 27.9 Å². The molecule has 4 aliphatic rings. The number of piperidine rings is 1. The minimum absolute atomic E-state index is 0.0330. The molecule has 4 rings (SSSR count). The van der Waals surface area contributed by atoms with E-state index in [1.165, 1.54) is 12.0 Å². The predicted octanol–water partition coefficient (Wildman–Crippen LogP) is 7.45. The second kappa shape index (κ2) is 25.2. The van der Waals surface area contributed by atoms with Crippen LogP contribution in [0.3, 0.4) is 0 Å². The molecule has 4 N–H and O–H groups in total. The maximum absolute atomic E-state index is 14.4. The fourth-order valence-electron chi connectivity index (χ4n) is 10.3. The minimum Gasteiger partial charge on any atom is -0.461 e. The summed E-state index contributed by atoms with van der Waals surface area (Å²) in [5.41, 5.74) is 1.94. The van der Waals surface area contributed by atoms with Gasteiger partial charge in [0.05, 0.1) is 24.4 Å². The molecule has 3 heterocycles. The standard InChI is InChI=1S/C51H82N2O11/c1-31-16-12-11-13-17-33(3)43(60-8)30-39-22-20-37(7)51(59,64-39)48(56)49(57)53-25-15-14-18-40(53)50(58)63-42(34(4)28-38-21-23-41(54)44(29-38)61-9)24-19-32(2)27-36(6)46(55)47(62-10)45(52)35(5)26-31/h11-13,16-17,27,31-32,34-35,37-44,46-47,52,54-55,59H,14-15,18-26,28-30H2,1-10H3/b13-11+,16-12+,33-17+,36-27+,52-45?/t31-,32+,34-,35-,37-,38+,39+,40+,41-,42+,43+,44-,46-,47+,51-/m1/s1. The van der Waals surface area contributed by atoms with E-state index < -0.39 is 65.9 Å². The number of ketones is 1. The lowest BCUT2D eigenvalue weighted by Gasteiger charge is -2.42. The smallest absolute Gasteiger partial charge is 0.329 e. The molecule has 0 aromatic heterocycles. The van der Waals surface area contributed by atoms with Crippen LogP contribution in [0.2, 0.25) is 0 Å². The number of cyclic esters (lactones) is 1. The number of rotatable bonds is 6. The predicted molar refractivity (Wildman–Crippen MR) is 247 cm³/mol. The number of nitrogens with one attached hydrogen (secondary N) is 1. The van der Waals surface area contributed by atoms with E-state index in [2.05, 4.69) is 19.9 Å². The van der Waals surface area contributed by atoms with E-state index in [9.17, 15) is 29.7 Å². The molecule has 13 heteroatoms. The zero-order chi connectivity index (χ0) is 47.3. The van der Waals surface area contributed by atoms with E-state index in [-0.39, 0.29) is 48.3 Å². The molecular formula is C51H82N2O11. The molecule has 362 valence electrons. The van der Waals surface area contributed by atoms with Gasteiger partial charge in [-0.3, -0.25) is 9.59 Å². The first-order valence-corrected chi connectivity index (χ1v) is 24.0. The van der Waals surface area contributed by atoms with Crippen LogP contribution in [-0.2, 0) is 38.1 Å². The van der Waals surface area contributed by atoms with Gasteiger partial charge in [0, 0.05) is 45.9 Å². The van der Waals surface area contributed by atoms with Crippen LogP contribution < -0.4 is 0 Å². The van der Waals surface area contributed by atoms with Gasteiger partial charge >= 0.3 is 5.97 Å². The van der Waals surface area contributed by atoms with Gasteiger partial charge in [-0.1, -0.05) is 71.1 Å². The average molecular weight is 899 g/mol. The van der Waals surface area contributed by atoms with Crippen LogP contribution in [0.25, 0.3) is 0 Å². The summed E-state index contributed by atoms with van der Waals surface area (Å²) in [6, 6.07) is -1.01. The lowest BCUT2D eigenvalue weighted by Crippen LogP contribution is -2.61. The van der Waals surface area contributed by atoms with Crippen molar-refractivity contribution in [1.82, 2.24) is 4.90 Å². The van der Waals surface area contributed by atoms with Gasteiger partial charge in [-0.15, -0.1) is 0 Å². The molecule has 0 aromatic carbocycles. The van der Waals surface area contributed by atoms with Gasteiger partial charge in [0.2, 0.25) is 5.79 Å². The van der Waals surface area contributed by atoms with Crippen molar-refractivity contribution < 1.29 is 53.4 Å². The Balaban J connectivity index is 1.67. The lowest BCUT2D eigenvalue weighted by atomic mass is 9.78. The normalized spacial score (nSPS) is 40.8. The summed E-state index contributed by atoms with van der Waals surface area (Å²) in [5.74, 6) is -5.50. The summed E-state index contributed by atoms with van der Waals surface area (Å²) in [4.78, 5) is 44.1. The van der Waals surface area contributed by atoms with Crippen molar-refractivity contribution in [3.05, 3.63) is 47.6 Å². The van der Waals surface area contributed by atoms with Gasteiger partial charge in [-0.05, 0) is 132 Å². The summed E-state index contributed by atoms with van der Waals surface area (Å²) in [5, 5.41) is 43.0. The van der Waals surface area contributed by atoms with E-state index in [1.807, 2.05) is 58.1 Å². The van der Waals surface area contributed by atoms with Crippen molar-refractivity contribution >= 4 is 23.4 Å². The maximum Gasteiger partial charge on any atom is 0.329 e. The van der Waals surface area contributed by atoms with E-state index in [0.717, 1.165) is 18.4 Å². The number of aliphatic hydroxyl groups is 3. The highest BCUT2D eigenvalue weighted by Gasteiger charge is 2.53. The third-order valence-electron chi connectivity index (χ3n) is 14.6. The molecule has 3 aliphatic heterocycles. The number of allylic oxidation sites excluding steroid dienone is 6. The quantitative estimate of drug-likeness (QED) is 0.118. The third kappa shape index (κ3) is 14.2. The average Bonchev–Trinajstić information content (AvgIpc) is 3.27. The lowest BCUT2D eigenvalue weighted by molar-refractivity contribution is -0.265. The molecule has 2 saturated heterocycles. The molecule has 0 spiro atoms. The Labute approximate surface area is 383 Å². The van der Waals surface area contributed by atoms with Crippen molar-refractivity contribution in [3.8, 4) is 0 Å². The van der Waals surface area contributed by atoms with Gasteiger partial charge in [-0.25, -0.2) is 4.79 Å². The number of esters is 1. The van der Waals surface area contributed by atoms with Gasteiger partial charge in [0.1, 0.15) is 24.4 Å². The Morgan fingerprint density at radius 2 is 1.58 bits per heavy atom. The Hall–Kier alpha value is -3.04. The molecule has 15 atom stereocenters. The van der Waals surface area contributed by atoms with Gasteiger partial charge in [0.15, 0.2) is 0 Å². The highest BCUT2D eigenvalue weighted by atomic mass is 16.6. The summed E-state index contributed by atoms with van der Waals surface area (Å²) < 4.78 is 29.8. The monoisotopic (exact) mass is 899 g/mol. The van der Waals surface area contributed by atoms with Crippen LogP contribution in [0.5, 0.6) is 0 Å². The number of hydrogen-bond acceptors (Lipinski definition) is 12. The van der Waals surface area contributed by atoms with Crippen LogP contribution in [0.1, 0.15) is 132 Å². The fraction of sp³-hybridized carbons (Fsp3) is 0.765. The summed E-state index contributed by atoms with van der Waals surface area (Å²) in [6.07, 6.45) is 15.4. The maximum atomic E-state index is 14.4. The number of nitrogens with zero attached hydrogens (tertiary/aromatic N) is 1. The zero-order valence-electron chi connectivity index (χ0n) is 40.5. The number of methoxy groups -OCH3 is 3. The van der Waals surface area contributed by atoms with Crippen LogP contribution in [0.15, 0.2) is 47.6 Å². The number of carbonyl (C=O) groups is 3. The third-order valence-corrected chi connectivity index (χ3v) is 14.6. The van der Waals surface area contributed by atoms with Crippen molar-refractivity contribution in [1.29, 1.82) is 5.41 Å². The number of Topliss-reactive ketones (excluding diaryl/α,β-unsaturated/α-hetero) is 1. The summed E-state index contributed by atoms with van der Waals surface area (Å²) in [6.45, 7) is 13.9. The van der Waals surface area contributed by atoms with Crippen LogP contribution >= 0.6 is 0 Å². The highest BCUT2D eigenvalue weighted by Crippen LogP contribution is 2.38. The van der Waals surface area contributed by atoms with Gasteiger partial charge < -0.3 is 49.3 Å². The van der Waals surface area contributed by atoms with Gasteiger partial charge in [0.25, 0.3) is 11.7 Å². The molecule has 0 radical (unpaired) electrons. The summed E-state index contributed by atoms with van der Waals surface area (Å²) >= 11 is 0. The largest absolute Gasteiger partial charge is 0.461 e. The number of ether oxygens (including phenoxy) is 5. The molecule has 0 aromatic rings. The van der Waals surface area contributed by atoms with Gasteiger partial charge in [-0.2, -0.15) is 0 Å². The second-order valence-corrected chi connectivity index (χ2v) is 19.7. The molecule has 64 heavy (non-hydrogen) atoms. The Morgan fingerprint density at radius 3 is 2.27 bits per heavy atom. The first kappa shape index (κ1) is 53.6. The zero-order valence-corrected chi connectivity index (χ0v) is 40.5. The van der Waals surface area contributed by atoms with Crippen LogP contribution in [0, 0.1) is 40.9 Å². The second-order valence-electron chi connectivity index (χ2n) is 19.7. The summed E-state index contributed by atoms with van der Waals surface area (Å²) in [7, 11) is 4.74. The first-order valence-electron chi connectivity index (χ1n) is 24.0. The number of carbonyl (C=O) groups excluding carboxylic acids is 3. The SMILES string of the molecule is CO[C@H]1C[C@@H]2CC[C@@H](C)[C@@](O)(O2)C(=O)C(=O)N2CCCC[C@H]2C(=O)O[C@H]([C@H](C)C[C@@H]2CC[C@@H](O)[C@H](OC)C2)CC[C@H](C)/C=C(\C)[C@@H](O)[C@@H](OC)C(=N)[C@H](C)C[C@H](C)/C=C/C=C/C=C/1C. The van der Waals surface area contributed by atoms with Crippen molar-refractivity contribution in [2.24, 2.45) is 35.5 Å². The number of amides is 1. The molecule has 2 bridgehead atoms. The first-order chi connectivity index (χ1) is 30.3. The topological polar surface area (TPSA) is 185 Å². The highest BCUT2D eigenvalue weighted by molar-refractivity contribution is 6.39. The van der Waals surface area contributed by atoms with E-state index in [4.69, 9.17) is 29.1 Å². The molecule has 1 amide bonds. The van der Waals surface area contributed by atoms with Crippen LogP contribution in [0.4, 0.5) is 0 Å². The number of fused-ring (bicyclic) bond motifs is 3. The number of aliphatic hydroxyl groups excluding tert-OH is 2. The molecule has 3 fully saturated rings. The van der Waals surface area contributed by atoms with E-state index >= 15 is 0 Å². The van der Waals surface area contributed by atoms with E-state index in [1.54, 1.807) is 21.1 Å². The molecule has 13 nitrogen and oxygen atoms in total. The Morgan fingerprint density at radius 1 is 0.844 bits per heavy atom. The Bertz CT molecular complexity index is 1680. The number of hydrogen-bond donors (Lipinski definition) is 4. The van der Waals surface area contributed by atoms with Crippen molar-refractivity contribution in [3.63, 3.8) is 0 Å². The molecule has 1 aliphatic carbocycles.